The predicted octanol–water partition coefficient (Wildman–Crippen LogP) is 3.32. The monoisotopic (exact) mass is 213 g/mol. The minimum atomic E-state index is -0.147. The highest BCUT2D eigenvalue weighted by atomic mass is 16.2. The molecule has 0 aliphatic carbocycles. The second-order valence-electron chi connectivity index (χ2n) is 4.50. The molecule has 90 valence electrons. The highest BCUT2D eigenvalue weighted by Crippen LogP contribution is 2.37. The molecule has 15 heavy (non-hydrogen) atoms. The van der Waals surface area contributed by atoms with Crippen LogP contribution in [-0.2, 0) is 4.79 Å². The standard InChI is InChI=1S/C13H27NO/c1-7-13(8-2,11(5)6)12(15)14(9-3)10-4/h11H,7-10H2,1-6H3. The minimum Gasteiger partial charge on any atom is -0.343 e. The van der Waals surface area contributed by atoms with Crippen molar-refractivity contribution in [3.8, 4) is 0 Å². The van der Waals surface area contributed by atoms with Gasteiger partial charge in [-0.25, -0.2) is 0 Å². The first-order valence-electron chi connectivity index (χ1n) is 6.29. The molecule has 0 saturated heterocycles. The van der Waals surface area contributed by atoms with Gasteiger partial charge in [0.05, 0.1) is 5.41 Å². The second-order valence-corrected chi connectivity index (χ2v) is 4.50. The maximum atomic E-state index is 12.5. The maximum absolute atomic E-state index is 12.5. The fourth-order valence-electron chi connectivity index (χ4n) is 2.44. The van der Waals surface area contributed by atoms with Crippen LogP contribution in [0.25, 0.3) is 0 Å². The highest BCUT2D eigenvalue weighted by Gasteiger charge is 2.39. The minimum absolute atomic E-state index is 0.147. The van der Waals surface area contributed by atoms with Gasteiger partial charge in [-0.3, -0.25) is 4.79 Å². The Morgan fingerprint density at radius 3 is 1.67 bits per heavy atom. The zero-order chi connectivity index (χ0) is 12.1. The quantitative estimate of drug-likeness (QED) is 0.663. The molecule has 0 aliphatic rings. The molecule has 0 N–H and O–H groups in total. The van der Waals surface area contributed by atoms with Crippen molar-refractivity contribution < 1.29 is 4.79 Å². The van der Waals surface area contributed by atoms with E-state index in [9.17, 15) is 4.79 Å². The molecule has 2 nitrogen and oxygen atoms in total. The Labute approximate surface area is 95.0 Å². The van der Waals surface area contributed by atoms with Crippen LogP contribution in [0.5, 0.6) is 0 Å². The largest absolute Gasteiger partial charge is 0.343 e. The number of hydrogen-bond donors (Lipinski definition) is 0. The van der Waals surface area contributed by atoms with E-state index in [-0.39, 0.29) is 5.41 Å². The Morgan fingerprint density at radius 2 is 1.47 bits per heavy atom. The summed E-state index contributed by atoms with van der Waals surface area (Å²) in [5, 5.41) is 0. The number of rotatable bonds is 6. The van der Waals surface area contributed by atoms with E-state index >= 15 is 0 Å². The van der Waals surface area contributed by atoms with Gasteiger partial charge >= 0.3 is 0 Å². The number of amides is 1. The molecular weight excluding hydrogens is 186 g/mol. The molecule has 0 aromatic rings. The molecule has 0 aliphatic heterocycles. The summed E-state index contributed by atoms with van der Waals surface area (Å²) in [5.41, 5.74) is -0.147. The van der Waals surface area contributed by atoms with Crippen LogP contribution in [-0.4, -0.2) is 23.9 Å². The summed E-state index contributed by atoms with van der Waals surface area (Å²) in [7, 11) is 0. The van der Waals surface area contributed by atoms with E-state index in [4.69, 9.17) is 0 Å². The molecule has 0 heterocycles. The second kappa shape index (κ2) is 6.14. The Kier molecular flexibility index (Phi) is 5.92. The molecule has 0 saturated carbocycles. The summed E-state index contributed by atoms with van der Waals surface area (Å²) < 4.78 is 0. The van der Waals surface area contributed by atoms with E-state index in [0.717, 1.165) is 25.9 Å². The van der Waals surface area contributed by atoms with Crippen LogP contribution in [0.2, 0.25) is 0 Å². The smallest absolute Gasteiger partial charge is 0.229 e. The van der Waals surface area contributed by atoms with Gasteiger partial charge in [0.2, 0.25) is 5.91 Å². The van der Waals surface area contributed by atoms with Crippen LogP contribution < -0.4 is 0 Å². The van der Waals surface area contributed by atoms with E-state index in [0.29, 0.717) is 11.8 Å². The molecule has 0 spiro atoms. The van der Waals surface area contributed by atoms with Crippen molar-refractivity contribution in [1.29, 1.82) is 0 Å². The van der Waals surface area contributed by atoms with Gasteiger partial charge in [-0.15, -0.1) is 0 Å². The first-order valence-corrected chi connectivity index (χ1v) is 6.29. The third kappa shape index (κ3) is 2.73. The average Bonchev–Trinajstić information content (AvgIpc) is 2.22. The van der Waals surface area contributed by atoms with Gasteiger partial charge in [0, 0.05) is 13.1 Å². The Balaban J connectivity index is 4.99. The summed E-state index contributed by atoms with van der Waals surface area (Å²) >= 11 is 0. The maximum Gasteiger partial charge on any atom is 0.229 e. The first kappa shape index (κ1) is 14.5. The van der Waals surface area contributed by atoms with Crippen molar-refractivity contribution in [1.82, 2.24) is 4.90 Å². The number of hydrogen-bond acceptors (Lipinski definition) is 1. The van der Waals surface area contributed by atoms with Crippen molar-refractivity contribution >= 4 is 5.91 Å². The summed E-state index contributed by atoms with van der Waals surface area (Å²) in [5.74, 6) is 0.758. The fraction of sp³-hybridized carbons (Fsp3) is 0.923. The van der Waals surface area contributed by atoms with Gasteiger partial charge in [0.1, 0.15) is 0 Å². The summed E-state index contributed by atoms with van der Waals surface area (Å²) in [6.07, 6.45) is 1.88. The van der Waals surface area contributed by atoms with Crippen molar-refractivity contribution in [2.24, 2.45) is 11.3 Å². The van der Waals surface area contributed by atoms with Crippen LogP contribution in [0.15, 0.2) is 0 Å². The number of nitrogens with zero attached hydrogens (tertiary/aromatic N) is 1. The van der Waals surface area contributed by atoms with Crippen LogP contribution in [0.3, 0.4) is 0 Å². The van der Waals surface area contributed by atoms with Crippen LogP contribution in [0, 0.1) is 11.3 Å². The average molecular weight is 213 g/mol. The third-order valence-corrected chi connectivity index (χ3v) is 3.84. The van der Waals surface area contributed by atoms with Gasteiger partial charge in [0.25, 0.3) is 0 Å². The van der Waals surface area contributed by atoms with E-state index in [1.54, 1.807) is 0 Å². The van der Waals surface area contributed by atoms with E-state index in [1.165, 1.54) is 0 Å². The molecule has 0 bridgehead atoms. The lowest BCUT2D eigenvalue weighted by Crippen LogP contribution is -2.46. The van der Waals surface area contributed by atoms with Gasteiger partial charge in [-0.05, 0) is 32.6 Å². The first-order chi connectivity index (χ1) is 6.99. The topological polar surface area (TPSA) is 20.3 Å². The third-order valence-electron chi connectivity index (χ3n) is 3.84. The van der Waals surface area contributed by atoms with Gasteiger partial charge in [-0.2, -0.15) is 0 Å². The highest BCUT2D eigenvalue weighted by molar-refractivity contribution is 5.82. The lowest BCUT2D eigenvalue weighted by atomic mass is 9.71. The summed E-state index contributed by atoms with van der Waals surface area (Å²) in [4.78, 5) is 14.4. The van der Waals surface area contributed by atoms with Crippen LogP contribution in [0.4, 0.5) is 0 Å². The van der Waals surface area contributed by atoms with Crippen LogP contribution >= 0.6 is 0 Å². The van der Waals surface area contributed by atoms with E-state index in [1.807, 2.05) is 4.90 Å². The number of carbonyl (C=O) groups excluding carboxylic acids is 1. The van der Waals surface area contributed by atoms with Gasteiger partial charge < -0.3 is 4.90 Å². The van der Waals surface area contributed by atoms with Crippen molar-refractivity contribution in [2.75, 3.05) is 13.1 Å². The normalized spacial score (nSPS) is 11.9. The molecular formula is C13H27NO. The Morgan fingerprint density at radius 1 is 1.07 bits per heavy atom. The summed E-state index contributed by atoms with van der Waals surface area (Å²) in [6.45, 7) is 14.3. The number of carbonyl (C=O) groups is 1. The lowest BCUT2D eigenvalue weighted by molar-refractivity contribution is -0.145. The molecule has 0 unspecified atom stereocenters. The molecule has 1 amide bonds. The van der Waals surface area contributed by atoms with E-state index in [2.05, 4.69) is 41.5 Å². The molecule has 0 rings (SSSR count). The van der Waals surface area contributed by atoms with Gasteiger partial charge in [-0.1, -0.05) is 27.7 Å². The van der Waals surface area contributed by atoms with E-state index < -0.39 is 0 Å². The summed E-state index contributed by atoms with van der Waals surface area (Å²) in [6, 6.07) is 0. The molecule has 0 atom stereocenters. The molecule has 0 aromatic heterocycles. The van der Waals surface area contributed by atoms with Crippen LogP contribution in [0.1, 0.15) is 54.4 Å². The van der Waals surface area contributed by atoms with Crippen molar-refractivity contribution in [3.05, 3.63) is 0 Å². The molecule has 0 radical (unpaired) electrons. The van der Waals surface area contributed by atoms with Gasteiger partial charge in [0.15, 0.2) is 0 Å². The Bertz CT molecular complexity index is 191. The zero-order valence-electron chi connectivity index (χ0n) is 11.3. The zero-order valence-corrected chi connectivity index (χ0v) is 11.3. The SMILES string of the molecule is CCN(CC)C(=O)C(CC)(CC)C(C)C. The molecule has 2 heteroatoms. The predicted molar refractivity (Wildman–Crippen MR) is 65.8 cm³/mol. The molecule has 0 aromatic carbocycles. The molecule has 0 fully saturated rings. The lowest BCUT2D eigenvalue weighted by Gasteiger charge is -2.38. The van der Waals surface area contributed by atoms with Crippen molar-refractivity contribution in [3.63, 3.8) is 0 Å². The van der Waals surface area contributed by atoms with Crippen molar-refractivity contribution in [2.45, 2.75) is 54.4 Å². The fourth-order valence-corrected chi connectivity index (χ4v) is 2.44. The Hall–Kier alpha value is -0.530.